The summed E-state index contributed by atoms with van der Waals surface area (Å²) < 4.78 is 79.2. The number of aliphatic hydroxyl groups excluding tert-OH is 1. The number of hydrogen-bond acceptors (Lipinski definition) is 1. The maximum absolute atomic E-state index is 13.2. The standard InChI is InChI=1S/C21H12F6O/c22-20(23,24)14-6-13(7-15(9-14)21(25,26)27)18-8-11-2-1-3-16-12(10-28)4-5-17(18)19(11)16/h1-9,28H,10H2. The van der Waals surface area contributed by atoms with Crippen LogP contribution in [0, 0.1) is 0 Å². The number of rotatable bonds is 2. The van der Waals surface area contributed by atoms with Crippen LogP contribution in [-0.4, -0.2) is 5.11 Å². The molecule has 0 fully saturated rings. The van der Waals surface area contributed by atoms with Crippen molar-refractivity contribution in [2.75, 3.05) is 0 Å². The van der Waals surface area contributed by atoms with Gasteiger partial charge in [0.25, 0.3) is 0 Å². The lowest BCUT2D eigenvalue weighted by Gasteiger charge is -2.15. The summed E-state index contributed by atoms with van der Waals surface area (Å²) in [6, 6.07) is 10.1. The Labute approximate surface area is 155 Å². The molecule has 3 aromatic carbocycles. The van der Waals surface area contributed by atoms with Crippen LogP contribution in [0.3, 0.4) is 0 Å². The Morgan fingerprint density at radius 3 is 2.00 bits per heavy atom. The van der Waals surface area contributed by atoms with Crippen LogP contribution in [0.2, 0.25) is 0 Å². The van der Waals surface area contributed by atoms with E-state index in [-0.39, 0.29) is 23.8 Å². The molecule has 1 N–H and O–H groups in total. The second-order valence-electron chi connectivity index (χ2n) is 6.55. The first kappa shape index (κ1) is 18.6. The Bertz CT molecular complexity index is 1090. The predicted molar refractivity (Wildman–Crippen MR) is 93.3 cm³/mol. The zero-order chi connectivity index (χ0) is 20.3. The van der Waals surface area contributed by atoms with Crippen LogP contribution in [-0.2, 0) is 19.0 Å². The topological polar surface area (TPSA) is 20.2 Å². The van der Waals surface area contributed by atoms with Crippen LogP contribution in [0.4, 0.5) is 26.3 Å². The molecule has 0 aliphatic heterocycles. The number of hydrogen-bond donors (Lipinski definition) is 1. The van der Waals surface area contributed by atoms with Gasteiger partial charge in [-0.3, -0.25) is 0 Å². The summed E-state index contributed by atoms with van der Waals surface area (Å²) in [5, 5.41) is 10.9. The average molecular weight is 394 g/mol. The summed E-state index contributed by atoms with van der Waals surface area (Å²) in [5.74, 6) is 0. The molecule has 7 heteroatoms. The van der Waals surface area contributed by atoms with Crippen molar-refractivity contribution >= 4 is 22.4 Å². The molecular formula is C21H12F6O. The maximum atomic E-state index is 13.2. The van der Waals surface area contributed by atoms with Gasteiger partial charge >= 0.3 is 12.4 Å². The van der Waals surface area contributed by atoms with Gasteiger partial charge in [0, 0.05) is 0 Å². The first-order valence-electron chi connectivity index (χ1n) is 8.27. The van der Waals surface area contributed by atoms with E-state index in [4.69, 9.17) is 0 Å². The quantitative estimate of drug-likeness (QED) is 0.397. The second-order valence-corrected chi connectivity index (χ2v) is 6.55. The minimum atomic E-state index is -4.90. The third kappa shape index (κ3) is 2.96. The number of benzene rings is 3. The molecule has 1 aliphatic carbocycles. The summed E-state index contributed by atoms with van der Waals surface area (Å²) in [4.78, 5) is 0. The van der Waals surface area contributed by atoms with E-state index in [1.54, 1.807) is 36.4 Å². The molecule has 0 saturated heterocycles. The third-order valence-electron chi connectivity index (χ3n) is 4.82. The first-order valence-corrected chi connectivity index (χ1v) is 8.27. The monoisotopic (exact) mass is 394 g/mol. The molecule has 4 rings (SSSR count). The van der Waals surface area contributed by atoms with Gasteiger partial charge in [-0.15, -0.1) is 0 Å². The molecule has 3 aromatic rings. The fourth-order valence-corrected chi connectivity index (χ4v) is 3.56. The van der Waals surface area contributed by atoms with Crippen molar-refractivity contribution in [3.8, 4) is 0 Å². The average Bonchev–Trinajstić information content (AvgIpc) is 3.01. The van der Waals surface area contributed by atoms with Crippen molar-refractivity contribution < 1.29 is 31.4 Å². The van der Waals surface area contributed by atoms with Gasteiger partial charge in [0.2, 0.25) is 0 Å². The summed E-state index contributed by atoms with van der Waals surface area (Å²) in [7, 11) is 0. The molecule has 28 heavy (non-hydrogen) atoms. The van der Waals surface area contributed by atoms with Crippen molar-refractivity contribution in [2.45, 2.75) is 19.0 Å². The molecular weight excluding hydrogens is 382 g/mol. The second kappa shape index (κ2) is 6.10. The van der Waals surface area contributed by atoms with E-state index in [1.165, 1.54) is 0 Å². The van der Waals surface area contributed by atoms with Gasteiger partial charge in [-0.05, 0) is 62.9 Å². The lowest BCUT2D eigenvalue weighted by atomic mass is 9.93. The van der Waals surface area contributed by atoms with E-state index >= 15 is 0 Å². The molecule has 0 unspecified atom stereocenters. The van der Waals surface area contributed by atoms with E-state index in [0.717, 1.165) is 12.1 Å². The normalized spacial score (nSPS) is 13.9. The van der Waals surface area contributed by atoms with Crippen molar-refractivity contribution in [3.63, 3.8) is 0 Å². The molecule has 1 aliphatic rings. The zero-order valence-electron chi connectivity index (χ0n) is 14.1. The van der Waals surface area contributed by atoms with Gasteiger partial charge in [-0.25, -0.2) is 0 Å². The highest BCUT2D eigenvalue weighted by Crippen LogP contribution is 2.44. The van der Waals surface area contributed by atoms with Crippen molar-refractivity contribution in [2.24, 2.45) is 0 Å². The highest BCUT2D eigenvalue weighted by molar-refractivity contribution is 6.13. The zero-order valence-corrected chi connectivity index (χ0v) is 14.1. The fourth-order valence-electron chi connectivity index (χ4n) is 3.56. The lowest BCUT2D eigenvalue weighted by molar-refractivity contribution is -0.143. The minimum absolute atomic E-state index is 0.122. The van der Waals surface area contributed by atoms with Crippen molar-refractivity contribution in [1.82, 2.24) is 0 Å². The van der Waals surface area contributed by atoms with Crippen LogP contribution in [0.15, 0.2) is 48.5 Å². The van der Waals surface area contributed by atoms with E-state index in [0.29, 0.717) is 27.5 Å². The summed E-state index contributed by atoms with van der Waals surface area (Å²) in [6.45, 7) is -0.225. The smallest absolute Gasteiger partial charge is 0.392 e. The molecule has 0 saturated carbocycles. The first-order chi connectivity index (χ1) is 13.1. The van der Waals surface area contributed by atoms with Gasteiger partial charge in [0.15, 0.2) is 0 Å². The van der Waals surface area contributed by atoms with Gasteiger partial charge < -0.3 is 5.11 Å². The third-order valence-corrected chi connectivity index (χ3v) is 4.82. The number of alkyl halides is 6. The largest absolute Gasteiger partial charge is 0.416 e. The molecule has 0 atom stereocenters. The van der Waals surface area contributed by atoms with Crippen LogP contribution >= 0.6 is 0 Å². The van der Waals surface area contributed by atoms with Crippen molar-refractivity contribution in [3.05, 3.63) is 81.9 Å². The van der Waals surface area contributed by atoms with Gasteiger partial charge in [0.05, 0.1) is 17.7 Å². The number of aliphatic hydroxyl groups is 1. The van der Waals surface area contributed by atoms with Gasteiger partial charge in [-0.2, -0.15) is 26.3 Å². The Morgan fingerprint density at radius 2 is 1.43 bits per heavy atom. The minimum Gasteiger partial charge on any atom is -0.392 e. The van der Waals surface area contributed by atoms with Gasteiger partial charge in [-0.1, -0.05) is 30.3 Å². The van der Waals surface area contributed by atoms with Crippen LogP contribution in [0.5, 0.6) is 0 Å². The maximum Gasteiger partial charge on any atom is 0.416 e. The predicted octanol–water partition coefficient (Wildman–Crippen LogP) is 6.27. The molecule has 0 spiro atoms. The SMILES string of the molecule is OCc1ccc2c3c(cccc13)C=C2c1cc(C(F)(F)F)cc(C(F)(F)F)c1. The highest BCUT2D eigenvalue weighted by atomic mass is 19.4. The lowest BCUT2D eigenvalue weighted by Crippen LogP contribution is -2.11. The summed E-state index contributed by atoms with van der Waals surface area (Å²) in [5.41, 5.74) is -0.715. The van der Waals surface area contributed by atoms with Crippen LogP contribution < -0.4 is 0 Å². The molecule has 0 radical (unpaired) electrons. The molecule has 0 heterocycles. The van der Waals surface area contributed by atoms with Crippen molar-refractivity contribution in [1.29, 1.82) is 0 Å². The molecule has 1 nitrogen and oxygen atoms in total. The highest BCUT2D eigenvalue weighted by Gasteiger charge is 2.37. The Morgan fingerprint density at radius 1 is 0.786 bits per heavy atom. The van der Waals surface area contributed by atoms with E-state index < -0.39 is 23.5 Å². The molecule has 0 bridgehead atoms. The Balaban J connectivity index is 1.96. The molecule has 0 amide bonds. The van der Waals surface area contributed by atoms with E-state index in [9.17, 15) is 31.4 Å². The molecule has 0 aromatic heterocycles. The van der Waals surface area contributed by atoms with Gasteiger partial charge in [0.1, 0.15) is 0 Å². The Hall–Kier alpha value is -2.80. The van der Waals surface area contributed by atoms with E-state index in [1.807, 2.05) is 0 Å². The summed E-state index contributed by atoms with van der Waals surface area (Å²) in [6.07, 6.45) is -8.23. The van der Waals surface area contributed by atoms with Crippen LogP contribution in [0.25, 0.3) is 22.4 Å². The van der Waals surface area contributed by atoms with E-state index in [2.05, 4.69) is 0 Å². The summed E-state index contributed by atoms with van der Waals surface area (Å²) >= 11 is 0. The fraction of sp³-hybridized carbons (Fsp3) is 0.143. The Kier molecular flexibility index (Phi) is 4.04. The van der Waals surface area contributed by atoms with Crippen LogP contribution in [0.1, 0.15) is 33.4 Å². The number of halogens is 6. The molecule has 144 valence electrons.